The van der Waals surface area contributed by atoms with Crippen molar-refractivity contribution in [1.82, 2.24) is 0 Å². The third kappa shape index (κ3) is 4.37. The second-order valence-corrected chi connectivity index (χ2v) is 4.63. The van der Waals surface area contributed by atoms with Gasteiger partial charge in [0, 0.05) is 0 Å². The summed E-state index contributed by atoms with van der Waals surface area (Å²) in [5.74, 6) is -2.95. The molecule has 0 bridgehead atoms. The summed E-state index contributed by atoms with van der Waals surface area (Å²) < 4.78 is 8.92. The van der Waals surface area contributed by atoms with E-state index in [9.17, 15) is 14.4 Å². The van der Waals surface area contributed by atoms with Crippen molar-refractivity contribution in [3.63, 3.8) is 0 Å². The lowest BCUT2D eigenvalue weighted by atomic mass is 10.2. The molecule has 7 nitrogen and oxygen atoms in total. The summed E-state index contributed by atoms with van der Waals surface area (Å²) in [6, 6.07) is 2.32. The monoisotopic (exact) mass is 347 g/mol. The molecule has 0 fully saturated rings. The van der Waals surface area contributed by atoms with Gasteiger partial charge in [0.2, 0.25) is 0 Å². The summed E-state index contributed by atoms with van der Waals surface area (Å²) in [6.07, 6.45) is 0.844. The van der Waals surface area contributed by atoms with E-state index in [4.69, 9.17) is 28.3 Å². The minimum atomic E-state index is -1.28. The third-order valence-corrected chi connectivity index (χ3v) is 3.05. The van der Waals surface area contributed by atoms with Crippen LogP contribution < -0.4 is 5.32 Å². The van der Waals surface area contributed by atoms with Crippen molar-refractivity contribution in [3.05, 3.63) is 39.5 Å². The van der Waals surface area contributed by atoms with Crippen LogP contribution in [0.15, 0.2) is 23.9 Å². The number of rotatable bonds is 5. The molecule has 0 heterocycles. The molecule has 22 heavy (non-hydrogen) atoms. The maximum Gasteiger partial charge on any atom is 0.354 e. The van der Waals surface area contributed by atoms with Crippen molar-refractivity contribution in [2.45, 2.75) is 0 Å². The van der Waals surface area contributed by atoms with Gasteiger partial charge in [-0.1, -0.05) is 23.2 Å². The molecule has 0 aliphatic heterocycles. The fraction of sp³-hybridized carbons (Fsp3) is 0.154. The summed E-state index contributed by atoms with van der Waals surface area (Å²) >= 11 is 11.7. The molecule has 118 valence electrons. The fourth-order valence-corrected chi connectivity index (χ4v) is 1.90. The van der Waals surface area contributed by atoms with Crippen LogP contribution in [0.2, 0.25) is 10.0 Å². The van der Waals surface area contributed by atoms with Crippen LogP contribution in [0.4, 0.5) is 5.69 Å². The summed E-state index contributed by atoms with van der Waals surface area (Å²) in [6.45, 7) is 0. The lowest BCUT2D eigenvalue weighted by molar-refractivity contribution is -0.138. The number of aromatic carboxylic acids is 1. The zero-order valence-electron chi connectivity index (χ0n) is 11.5. The molecule has 0 saturated carbocycles. The van der Waals surface area contributed by atoms with Gasteiger partial charge >= 0.3 is 17.9 Å². The number of esters is 2. The molecule has 2 N–H and O–H groups in total. The third-order valence-electron chi connectivity index (χ3n) is 2.43. The second-order valence-electron chi connectivity index (χ2n) is 3.81. The van der Waals surface area contributed by atoms with Crippen molar-refractivity contribution < 1.29 is 29.0 Å². The Labute approximate surface area is 135 Å². The van der Waals surface area contributed by atoms with E-state index in [-0.39, 0.29) is 27.0 Å². The quantitative estimate of drug-likeness (QED) is 0.622. The molecule has 0 atom stereocenters. The molecule has 1 rings (SSSR count). The summed E-state index contributed by atoms with van der Waals surface area (Å²) in [7, 11) is 2.24. The number of nitrogens with one attached hydrogen (secondary N) is 1. The Hall–Kier alpha value is -2.25. The predicted molar refractivity (Wildman–Crippen MR) is 79.2 cm³/mol. The van der Waals surface area contributed by atoms with E-state index >= 15 is 0 Å². The van der Waals surface area contributed by atoms with Gasteiger partial charge in [-0.15, -0.1) is 0 Å². The fourth-order valence-electron chi connectivity index (χ4n) is 1.39. The Morgan fingerprint density at radius 2 is 1.77 bits per heavy atom. The first-order chi connectivity index (χ1) is 10.3. The van der Waals surface area contributed by atoms with E-state index in [1.165, 1.54) is 6.07 Å². The average Bonchev–Trinajstić information content (AvgIpc) is 2.47. The van der Waals surface area contributed by atoms with E-state index in [1.807, 2.05) is 0 Å². The number of carbonyl (C=O) groups excluding carboxylic acids is 2. The SMILES string of the molecule is COC(=O)/C=C(/Nc1cc(C(=O)O)c(Cl)cc1Cl)C(=O)OC. The Morgan fingerprint density at radius 1 is 1.14 bits per heavy atom. The Balaban J connectivity index is 3.26. The zero-order chi connectivity index (χ0) is 16.9. The van der Waals surface area contributed by atoms with Gasteiger partial charge in [0.1, 0.15) is 5.70 Å². The van der Waals surface area contributed by atoms with Gasteiger partial charge in [-0.05, 0) is 12.1 Å². The molecular formula is C13H11Cl2NO6. The molecule has 0 amide bonds. The molecule has 0 aliphatic carbocycles. The van der Waals surface area contributed by atoms with Crippen LogP contribution in [0.5, 0.6) is 0 Å². The van der Waals surface area contributed by atoms with Crippen molar-refractivity contribution in [1.29, 1.82) is 0 Å². The van der Waals surface area contributed by atoms with E-state index in [1.54, 1.807) is 0 Å². The molecule has 1 aromatic rings. The minimum absolute atomic E-state index is 0.0506. The number of hydrogen-bond acceptors (Lipinski definition) is 6. The highest BCUT2D eigenvalue weighted by atomic mass is 35.5. The number of methoxy groups -OCH3 is 2. The molecule has 0 saturated heterocycles. The van der Waals surface area contributed by atoms with Gasteiger partial charge in [0.15, 0.2) is 0 Å². The number of halogens is 2. The van der Waals surface area contributed by atoms with Crippen LogP contribution in [-0.2, 0) is 19.1 Å². The van der Waals surface area contributed by atoms with Crippen LogP contribution in [-0.4, -0.2) is 37.2 Å². The average molecular weight is 348 g/mol. The van der Waals surface area contributed by atoms with Gasteiger partial charge in [-0.3, -0.25) is 0 Å². The number of carboxylic acids is 1. The topological polar surface area (TPSA) is 102 Å². The van der Waals surface area contributed by atoms with Crippen molar-refractivity contribution >= 4 is 46.8 Å². The zero-order valence-corrected chi connectivity index (χ0v) is 13.0. The summed E-state index contributed by atoms with van der Waals surface area (Å²) in [5.41, 5.74) is -0.449. The lowest BCUT2D eigenvalue weighted by Crippen LogP contribution is -2.16. The first-order valence-corrected chi connectivity index (χ1v) is 6.43. The second kappa shape index (κ2) is 7.67. The number of ether oxygens (including phenoxy) is 2. The van der Waals surface area contributed by atoms with E-state index in [0.29, 0.717) is 0 Å². The smallest absolute Gasteiger partial charge is 0.354 e. The molecule has 0 spiro atoms. The van der Waals surface area contributed by atoms with Crippen molar-refractivity contribution in [2.75, 3.05) is 19.5 Å². The molecule has 9 heteroatoms. The Bertz CT molecular complexity index is 656. The number of carboxylic acid groups (broad SMARTS) is 1. The molecule has 0 radical (unpaired) electrons. The number of anilines is 1. The molecule has 1 aromatic carbocycles. The Kier molecular flexibility index (Phi) is 6.21. The van der Waals surface area contributed by atoms with Crippen molar-refractivity contribution in [2.24, 2.45) is 0 Å². The highest BCUT2D eigenvalue weighted by Gasteiger charge is 2.17. The summed E-state index contributed by atoms with van der Waals surface area (Å²) in [5, 5.41) is 11.5. The first-order valence-electron chi connectivity index (χ1n) is 5.67. The number of benzene rings is 1. The highest BCUT2D eigenvalue weighted by molar-refractivity contribution is 6.38. The van der Waals surface area contributed by atoms with Gasteiger partial charge in [-0.2, -0.15) is 0 Å². The van der Waals surface area contributed by atoms with Crippen LogP contribution in [0, 0.1) is 0 Å². The molecular weight excluding hydrogens is 337 g/mol. The van der Waals surface area contributed by atoms with Gasteiger partial charge in [0.05, 0.1) is 41.6 Å². The molecule has 0 aromatic heterocycles. The van der Waals surface area contributed by atoms with Gasteiger partial charge in [-0.25, -0.2) is 14.4 Å². The number of hydrogen-bond donors (Lipinski definition) is 2. The maximum atomic E-state index is 11.6. The van der Waals surface area contributed by atoms with E-state index < -0.39 is 17.9 Å². The van der Waals surface area contributed by atoms with Gasteiger partial charge in [0.25, 0.3) is 0 Å². The van der Waals surface area contributed by atoms with Crippen molar-refractivity contribution in [3.8, 4) is 0 Å². The van der Waals surface area contributed by atoms with Crippen LogP contribution in [0.3, 0.4) is 0 Å². The highest BCUT2D eigenvalue weighted by Crippen LogP contribution is 2.30. The number of carbonyl (C=O) groups is 3. The van der Waals surface area contributed by atoms with E-state index in [0.717, 1.165) is 26.4 Å². The molecule has 0 unspecified atom stereocenters. The standard InChI is InChI=1S/C13H11Cl2NO6/c1-21-11(17)5-10(13(20)22-2)16-9-3-6(12(18)19)7(14)4-8(9)15/h3-5,16H,1-2H3,(H,18,19)/b10-5+. The normalized spacial score (nSPS) is 10.8. The van der Waals surface area contributed by atoms with Crippen LogP contribution in [0.25, 0.3) is 0 Å². The molecule has 0 aliphatic rings. The van der Waals surface area contributed by atoms with Gasteiger partial charge < -0.3 is 19.9 Å². The van der Waals surface area contributed by atoms with E-state index in [2.05, 4.69) is 14.8 Å². The largest absolute Gasteiger partial charge is 0.478 e. The predicted octanol–water partition coefficient (Wildman–Crippen LogP) is 2.33. The Morgan fingerprint density at radius 3 is 2.27 bits per heavy atom. The minimum Gasteiger partial charge on any atom is -0.478 e. The van der Waals surface area contributed by atoms with Crippen LogP contribution >= 0.6 is 23.2 Å². The lowest BCUT2D eigenvalue weighted by Gasteiger charge is -2.12. The van der Waals surface area contributed by atoms with Crippen LogP contribution in [0.1, 0.15) is 10.4 Å². The summed E-state index contributed by atoms with van der Waals surface area (Å²) in [4.78, 5) is 33.9. The maximum absolute atomic E-state index is 11.6. The first kappa shape index (κ1) is 17.8.